The van der Waals surface area contributed by atoms with Crippen molar-refractivity contribution < 1.29 is 18.4 Å². The number of esters is 1. The standard InChI is InChI=1S/C19H15N3O4S2/c1-12-10-27-19(20-12)28-11-13-5-2-3-6-14(13)18(23)25-9-16-21-22-17(26-16)15-7-4-8-24-15/h2-8,10H,9,11H2,1H3. The van der Waals surface area contributed by atoms with Crippen molar-refractivity contribution in [3.63, 3.8) is 0 Å². The number of hydrogen-bond acceptors (Lipinski definition) is 9. The number of benzene rings is 1. The zero-order valence-corrected chi connectivity index (χ0v) is 16.5. The molecule has 4 rings (SSSR count). The van der Waals surface area contributed by atoms with E-state index in [1.54, 1.807) is 47.4 Å². The quantitative estimate of drug-likeness (QED) is 0.317. The molecule has 142 valence electrons. The molecule has 0 N–H and O–H groups in total. The van der Waals surface area contributed by atoms with Crippen LogP contribution in [0.2, 0.25) is 0 Å². The Hall–Kier alpha value is -2.91. The predicted molar refractivity (Wildman–Crippen MR) is 104 cm³/mol. The molecule has 4 aromatic rings. The molecule has 28 heavy (non-hydrogen) atoms. The number of carbonyl (C=O) groups is 1. The van der Waals surface area contributed by atoms with E-state index in [0.717, 1.165) is 15.6 Å². The van der Waals surface area contributed by atoms with Gasteiger partial charge in [-0.3, -0.25) is 0 Å². The van der Waals surface area contributed by atoms with Crippen LogP contribution in [0.4, 0.5) is 0 Å². The van der Waals surface area contributed by atoms with E-state index in [1.807, 2.05) is 24.4 Å². The molecule has 0 saturated carbocycles. The van der Waals surface area contributed by atoms with E-state index in [9.17, 15) is 4.79 Å². The number of thiazole rings is 1. The van der Waals surface area contributed by atoms with Crippen molar-refractivity contribution in [2.24, 2.45) is 0 Å². The van der Waals surface area contributed by atoms with Gasteiger partial charge in [-0.25, -0.2) is 9.78 Å². The lowest BCUT2D eigenvalue weighted by molar-refractivity contribution is 0.0437. The van der Waals surface area contributed by atoms with Crippen molar-refractivity contribution in [1.29, 1.82) is 0 Å². The van der Waals surface area contributed by atoms with Gasteiger partial charge >= 0.3 is 5.97 Å². The molecule has 0 fully saturated rings. The minimum Gasteiger partial charge on any atom is -0.459 e. The first kappa shape index (κ1) is 18.5. The molecule has 1 aromatic carbocycles. The van der Waals surface area contributed by atoms with Crippen LogP contribution in [0.15, 0.2) is 61.2 Å². The highest BCUT2D eigenvalue weighted by atomic mass is 32.2. The molecule has 0 aliphatic heterocycles. The summed E-state index contributed by atoms with van der Waals surface area (Å²) in [4.78, 5) is 17.0. The van der Waals surface area contributed by atoms with Gasteiger partial charge in [0.1, 0.15) is 4.34 Å². The van der Waals surface area contributed by atoms with Gasteiger partial charge in [-0.15, -0.1) is 21.5 Å². The molecule has 0 amide bonds. The summed E-state index contributed by atoms with van der Waals surface area (Å²) in [6, 6.07) is 10.8. The maximum absolute atomic E-state index is 12.5. The van der Waals surface area contributed by atoms with Crippen molar-refractivity contribution in [2.75, 3.05) is 0 Å². The number of nitrogens with zero attached hydrogens (tertiary/aromatic N) is 3. The molecule has 0 atom stereocenters. The molecule has 9 heteroatoms. The fraction of sp³-hybridized carbons (Fsp3) is 0.158. The molecule has 0 unspecified atom stereocenters. The largest absolute Gasteiger partial charge is 0.459 e. The van der Waals surface area contributed by atoms with Gasteiger partial charge in [-0.05, 0) is 30.7 Å². The summed E-state index contributed by atoms with van der Waals surface area (Å²) in [5.74, 6) is 1.09. The Morgan fingerprint density at radius 2 is 2.11 bits per heavy atom. The smallest absolute Gasteiger partial charge is 0.338 e. The van der Waals surface area contributed by atoms with Gasteiger partial charge in [0.25, 0.3) is 11.8 Å². The van der Waals surface area contributed by atoms with E-state index >= 15 is 0 Å². The van der Waals surface area contributed by atoms with Crippen LogP contribution in [0, 0.1) is 6.92 Å². The van der Waals surface area contributed by atoms with Crippen molar-refractivity contribution in [3.05, 3.63) is 70.8 Å². The zero-order valence-electron chi connectivity index (χ0n) is 14.8. The molecule has 0 spiro atoms. The molecule has 0 aliphatic rings. The van der Waals surface area contributed by atoms with Gasteiger partial charge in [0.15, 0.2) is 12.4 Å². The number of aryl methyl sites for hydroxylation is 1. The van der Waals surface area contributed by atoms with Crippen LogP contribution >= 0.6 is 23.1 Å². The Morgan fingerprint density at radius 3 is 2.89 bits per heavy atom. The van der Waals surface area contributed by atoms with Gasteiger partial charge in [-0.1, -0.05) is 30.0 Å². The number of thioether (sulfide) groups is 1. The summed E-state index contributed by atoms with van der Waals surface area (Å²) in [7, 11) is 0. The first-order chi connectivity index (χ1) is 13.7. The second-order valence-electron chi connectivity index (χ2n) is 5.76. The summed E-state index contributed by atoms with van der Waals surface area (Å²) in [6.07, 6.45) is 1.52. The third-order valence-electron chi connectivity index (χ3n) is 3.71. The maximum atomic E-state index is 12.5. The fourth-order valence-corrected chi connectivity index (χ4v) is 4.25. The number of hydrogen-bond donors (Lipinski definition) is 0. The normalized spacial score (nSPS) is 10.9. The van der Waals surface area contributed by atoms with Gasteiger partial charge in [0.05, 0.1) is 11.8 Å². The topological polar surface area (TPSA) is 91.2 Å². The first-order valence-corrected chi connectivity index (χ1v) is 10.2. The van der Waals surface area contributed by atoms with Crippen LogP contribution in [0.25, 0.3) is 11.7 Å². The molecule has 7 nitrogen and oxygen atoms in total. The van der Waals surface area contributed by atoms with E-state index in [0.29, 0.717) is 17.1 Å². The van der Waals surface area contributed by atoms with Crippen molar-refractivity contribution >= 4 is 29.1 Å². The zero-order chi connectivity index (χ0) is 19.3. The van der Waals surface area contributed by atoms with Gasteiger partial charge in [0, 0.05) is 16.8 Å². The average Bonchev–Trinajstić information content (AvgIpc) is 3.46. The number of carbonyl (C=O) groups excluding carboxylic acids is 1. The van der Waals surface area contributed by atoms with Crippen LogP contribution < -0.4 is 0 Å². The first-order valence-electron chi connectivity index (χ1n) is 8.35. The monoisotopic (exact) mass is 413 g/mol. The minimum atomic E-state index is -0.440. The van der Waals surface area contributed by atoms with Gasteiger partial charge < -0.3 is 13.6 Å². The summed E-state index contributed by atoms with van der Waals surface area (Å²) < 4.78 is 17.0. The Morgan fingerprint density at radius 1 is 1.21 bits per heavy atom. The molecule has 0 bridgehead atoms. The lowest BCUT2D eigenvalue weighted by atomic mass is 10.1. The predicted octanol–water partition coefficient (Wildman–Crippen LogP) is 4.74. The van der Waals surface area contributed by atoms with E-state index < -0.39 is 5.97 Å². The molecule has 0 radical (unpaired) electrons. The molecular weight excluding hydrogens is 398 g/mol. The Bertz CT molecular complexity index is 1070. The third kappa shape index (κ3) is 4.32. The van der Waals surface area contributed by atoms with Crippen LogP contribution in [0.3, 0.4) is 0 Å². The van der Waals surface area contributed by atoms with Crippen LogP contribution in [-0.2, 0) is 17.1 Å². The number of furan rings is 1. The van der Waals surface area contributed by atoms with Crippen LogP contribution in [0.1, 0.15) is 27.5 Å². The number of aromatic nitrogens is 3. The Kier molecular flexibility index (Phi) is 5.54. The van der Waals surface area contributed by atoms with E-state index in [1.165, 1.54) is 6.26 Å². The molecule has 3 aromatic heterocycles. The molecule has 0 aliphatic carbocycles. The summed E-state index contributed by atoms with van der Waals surface area (Å²) in [5.41, 5.74) is 2.38. The van der Waals surface area contributed by atoms with Crippen molar-refractivity contribution in [1.82, 2.24) is 15.2 Å². The lowest BCUT2D eigenvalue weighted by Crippen LogP contribution is -2.08. The number of ether oxygens (including phenoxy) is 1. The Balaban J connectivity index is 1.39. The second kappa shape index (κ2) is 8.41. The van der Waals surface area contributed by atoms with Crippen molar-refractivity contribution in [2.45, 2.75) is 23.6 Å². The molecular formula is C19H15N3O4S2. The van der Waals surface area contributed by atoms with Crippen LogP contribution in [0.5, 0.6) is 0 Å². The summed E-state index contributed by atoms with van der Waals surface area (Å²) in [5, 5.41) is 9.76. The van der Waals surface area contributed by atoms with E-state index in [2.05, 4.69) is 15.2 Å². The van der Waals surface area contributed by atoms with Crippen LogP contribution in [-0.4, -0.2) is 21.2 Å². The minimum absolute atomic E-state index is 0.111. The Labute approximate surface area is 168 Å². The number of rotatable bonds is 7. The van der Waals surface area contributed by atoms with E-state index in [-0.39, 0.29) is 18.4 Å². The fourth-order valence-electron chi connectivity index (χ4n) is 2.40. The lowest BCUT2D eigenvalue weighted by Gasteiger charge is -2.07. The van der Waals surface area contributed by atoms with E-state index in [4.69, 9.17) is 13.6 Å². The van der Waals surface area contributed by atoms with Crippen molar-refractivity contribution in [3.8, 4) is 11.7 Å². The summed E-state index contributed by atoms with van der Waals surface area (Å²) in [6.45, 7) is 1.85. The highest BCUT2D eigenvalue weighted by molar-refractivity contribution is 8.00. The molecule has 0 saturated heterocycles. The maximum Gasteiger partial charge on any atom is 0.338 e. The third-order valence-corrected chi connectivity index (χ3v) is 5.90. The van der Waals surface area contributed by atoms with Gasteiger partial charge in [-0.2, -0.15) is 0 Å². The second-order valence-corrected chi connectivity index (χ2v) is 7.84. The highest BCUT2D eigenvalue weighted by Gasteiger charge is 2.16. The average molecular weight is 413 g/mol. The molecule has 3 heterocycles. The SMILES string of the molecule is Cc1csc(SCc2ccccc2C(=O)OCc2nnc(-c3ccco3)o2)n1. The highest BCUT2D eigenvalue weighted by Crippen LogP contribution is 2.27. The summed E-state index contributed by atoms with van der Waals surface area (Å²) >= 11 is 3.18. The van der Waals surface area contributed by atoms with Gasteiger partial charge in [0.2, 0.25) is 0 Å².